The van der Waals surface area contributed by atoms with Crippen LogP contribution in [-0.2, 0) is 16.0 Å². The summed E-state index contributed by atoms with van der Waals surface area (Å²) in [4.78, 5) is 24.6. The second-order valence-electron chi connectivity index (χ2n) is 5.15. The van der Waals surface area contributed by atoms with Crippen molar-refractivity contribution in [3.8, 4) is 0 Å². The molecule has 2 rings (SSSR count). The van der Waals surface area contributed by atoms with Crippen LogP contribution in [0.1, 0.15) is 19.1 Å². The number of amides is 2. The Morgan fingerprint density at radius 2 is 2.38 bits per heavy atom. The van der Waals surface area contributed by atoms with E-state index in [-0.39, 0.29) is 25.1 Å². The van der Waals surface area contributed by atoms with Gasteiger partial charge >= 0.3 is 12.0 Å². The fourth-order valence-corrected chi connectivity index (χ4v) is 2.37. The molecular formula is C14H20N2O5. The molecule has 1 saturated heterocycles. The summed E-state index contributed by atoms with van der Waals surface area (Å²) >= 11 is 0. The summed E-state index contributed by atoms with van der Waals surface area (Å²) in [5, 5.41) is 11.8. The lowest BCUT2D eigenvalue weighted by atomic mass is 10.1. The number of hydrogen-bond donors (Lipinski definition) is 2. The summed E-state index contributed by atoms with van der Waals surface area (Å²) in [6, 6.07) is 2.87. The van der Waals surface area contributed by atoms with Gasteiger partial charge in [-0.25, -0.2) is 4.79 Å². The van der Waals surface area contributed by atoms with Gasteiger partial charge in [-0.05, 0) is 19.1 Å². The Labute approximate surface area is 122 Å². The molecule has 2 heterocycles. The minimum Gasteiger partial charge on any atom is -0.481 e. The molecule has 1 aromatic heterocycles. The van der Waals surface area contributed by atoms with Crippen LogP contribution >= 0.6 is 0 Å². The van der Waals surface area contributed by atoms with Crippen molar-refractivity contribution in [1.82, 2.24) is 10.2 Å². The van der Waals surface area contributed by atoms with Crippen molar-refractivity contribution < 1.29 is 23.8 Å². The van der Waals surface area contributed by atoms with E-state index >= 15 is 0 Å². The molecule has 7 heteroatoms. The van der Waals surface area contributed by atoms with Crippen LogP contribution in [0.3, 0.4) is 0 Å². The van der Waals surface area contributed by atoms with Gasteiger partial charge in [0.15, 0.2) is 0 Å². The Morgan fingerprint density at radius 1 is 1.57 bits per heavy atom. The van der Waals surface area contributed by atoms with E-state index in [9.17, 15) is 9.59 Å². The highest BCUT2D eigenvalue weighted by Crippen LogP contribution is 2.12. The third-order valence-electron chi connectivity index (χ3n) is 3.36. The Morgan fingerprint density at radius 3 is 3.05 bits per heavy atom. The second kappa shape index (κ2) is 7.12. The first-order valence-corrected chi connectivity index (χ1v) is 6.95. The van der Waals surface area contributed by atoms with E-state index in [2.05, 4.69) is 5.32 Å². The lowest BCUT2D eigenvalue weighted by molar-refractivity contribution is -0.139. The van der Waals surface area contributed by atoms with Gasteiger partial charge in [0.2, 0.25) is 0 Å². The lowest BCUT2D eigenvalue weighted by Gasteiger charge is -2.35. The SMILES string of the molecule is CC(Cc1ccco1)NC(=O)N1CCOCC1CC(=O)O. The Kier molecular flexibility index (Phi) is 5.21. The van der Waals surface area contributed by atoms with Crippen molar-refractivity contribution in [2.45, 2.75) is 31.8 Å². The molecule has 2 atom stereocenters. The Hall–Kier alpha value is -2.02. The fraction of sp³-hybridized carbons (Fsp3) is 0.571. The molecule has 0 aromatic carbocycles. The molecule has 21 heavy (non-hydrogen) atoms. The standard InChI is InChI=1S/C14H20N2O5/c1-10(7-12-3-2-5-21-12)15-14(19)16-4-6-20-9-11(16)8-13(17)18/h2-3,5,10-11H,4,6-9H2,1H3,(H,15,19)(H,17,18). The van der Waals surface area contributed by atoms with E-state index in [4.69, 9.17) is 14.3 Å². The van der Waals surface area contributed by atoms with Crippen LogP contribution in [-0.4, -0.2) is 53.8 Å². The highest BCUT2D eigenvalue weighted by molar-refractivity contribution is 5.76. The first-order chi connectivity index (χ1) is 10.1. The van der Waals surface area contributed by atoms with E-state index in [1.54, 1.807) is 12.3 Å². The number of furan rings is 1. The van der Waals surface area contributed by atoms with Crippen LogP contribution in [0.25, 0.3) is 0 Å². The molecule has 7 nitrogen and oxygen atoms in total. The highest BCUT2D eigenvalue weighted by Gasteiger charge is 2.29. The maximum Gasteiger partial charge on any atom is 0.318 e. The van der Waals surface area contributed by atoms with E-state index in [1.165, 1.54) is 4.90 Å². The maximum atomic E-state index is 12.3. The van der Waals surface area contributed by atoms with Crippen molar-refractivity contribution >= 4 is 12.0 Å². The first-order valence-electron chi connectivity index (χ1n) is 6.95. The molecule has 2 amide bonds. The van der Waals surface area contributed by atoms with Crippen molar-refractivity contribution in [1.29, 1.82) is 0 Å². The Bertz CT molecular complexity index is 474. The number of carboxylic acid groups (broad SMARTS) is 1. The van der Waals surface area contributed by atoms with Crippen molar-refractivity contribution in [3.05, 3.63) is 24.2 Å². The number of morpholine rings is 1. The smallest absolute Gasteiger partial charge is 0.318 e. The third kappa shape index (κ3) is 4.49. The number of nitrogens with zero attached hydrogens (tertiary/aromatic N) is 1. The predicted molar refractivity (Wildman–Crippen MR) is 74.0 cm³/mol. The van der Waals surface area contributed by atoms with Gasteiger partial charge in [-0.2, -0.15) is 0 Å². The summed E-state index contributed by atoms with van der Waals surface area (Å²) in [6.07, 6.45) is 2.07. The normalized spacial score (nSPS) is 20.0. The summed E-state index contributed by atoms with van der Waals surface area (Å²) in [7, 11) is 0. The van der Waals surface area contributed by atoms with Crippen LogP contribution in [0, 0.1) is 0 Å². The van der Waals surface area contributed by atoms with Gasteiger partial charge in [-0.1, -0.05) is 0 Å². The number of nitrogens with one attached hydrogen (secondary N) is 1. The number of rotatable bonds is 5. The van der Waals surface area contributed by atoms with Crippen molar-refractivity contribution in [3.63, 3.8) is 0 Å². The lowest BCUT2D eigenvalue weighted by Crippen LogP contribution is -2.54. The Balaban J connectivity index is 1.89. The average Bonchev–Trinajstić information content (AvgIpc) is 2.91. The van der Waals surface area contributed by atoms with Crippen molar-refractivity contribution in [2.75, 3.05) is 19.8 Å². The monoisotopic (exact) mass is 296 g/mol. The zero-order chi connectivity index (χ0) is 15.2. The molecule has 1 fully saturated rings. The second-order valence-corrected chi connectivity index (χ2v) is 5.15. The minimum atomic E-state index is -0.938. The number of urea groups is 1. The number of carbonyl (C=O) groups is 2. The fourth-order valence-electron chi connectivity index (χ4n) is 2.37. The van der Waals surface area contributed by atoms with Crippen LogP contribution in [0.2, 0.25) is 0 Å². The number of hydrogen-bond acceptors (Lipinski definition) is 4. The van der Waals surface area contributed by atoms with Crippen molar-refractivity contribution in [2.24, 2.45) is 0 Å². The van der Waals surface area contributed by atoms with Gasteiger partial charge < -0.3 is 24.5 Å². The van der Waals surface area contributed by atoms with Crippen LogP contribution in [0.15, 0.2) is 22.8 Å². The quantitative estimate of drug-likeness (QED) is 0.848. The molecule has 0 radical (unpaired) electrons. The molecule has 0 spiro atoms. The molecule has 1 aliphatic rings. The van der Waals surface area contributed by atoms with Crippen LogP contribution in [0.5, 0.6) is 0 Å². The average molecular weight is 296 g/mol. The zero-order valence-electron chi connectivity index (χ0n) is 11.9. The minimum absolute atomic E-state index is 0.100. The molecule has 0 aliphatic carbocycles. The topological polar surface area (TPSA) is 92.0 Å². The van der Waals surface area contributed by atoms with E-state index < -0.39 is 12.0 Å². The van der Waals surface area contributed by atoms with Crippen LogP contribution in [0.4, 0.5) is 4.79 Å². The van der Waals surface area contributed by atoms with Gasteiger partial charge in [-0.3, -0.25) is 4.79 Å². The molecule has 1 aromatic rings. The van der Waals surface area contributed by atoms with Crippen LogP contribution < -0.4 is 5.32 Å². The molecule has 0 bridgehead atoms. The van der Waals surface area contributed by atoms with E-state index in [0.717, 1.165) is 5.76 Å². The third-order valence-corrected chi connectivity index (χ3v) is 3.36. The molecule has 1 aliphatic heterocycles. The largest absolute Gasteiger partial charge is 0.481 e. The molecule has 0 saturated carbocycles. The molecule has 2 N–H and O–H groups in total. The van der Waals surface area contributed by atoms with Gasteiger partial charge in [0.25, 0.3) is 0 Å². The predicted octanol–water partition coefficient (Wildman–Crippen LogP) is 1.10. The summed E-state index contributed by atoms with van der Waals surface area (Å²) < 4.78 is 10.5. The maximum absolute atomic E-state index is 12.3. The van der Waals surface area contributed by atoms with Gasteiger partial charge in [0.1, 0.15) is 5.76 Å². The zero-order valence-corrected chi connectivity index (χ0v) is 11.9. The number of aliphatic carboxylic acids is 1. The summed E-state index contributed by atoms with van der Waals surface area (Å²) in [6.45, 7) is 2.96. The first kappa shape index (κ1) is 15.4. The summed E-state index contributed by atoms with van der Waals surface area (Å²) in [5.74, 6) is -0.140. The highest BCUT2D eigenvalue weighted by atomic mass is 16.5. The van der Waals surface area contributed by atoms with E-state index in [1.807, 2.05) is 13.0 Å². The van der Waals surface area contributed by atoms with E-state index in [0.29, 0.717) is 19.6 Å². The van der Waals surface area contributed by atoms with Gasteiger partial charge in [0.05, 0.1) is 31.9 Å². The summed E-state index contributed by atoms with van der Waals surface area (Å²) in [5.41, 5.74) is 0. The number of ether oxygens (including phenoxy) is 1. The molecule has 2 unspecified atom stereocenters. The molecule has 116 valence electrons. The number of carbonyl (C=O) groups excluding carboxylic acids is 1. The number of carboxylic acids is 1. The van der Waals surface area contributed by atoms with Gasteiger partial charge in [0, 0.05) is 19.0 Å². The van der Waals surface area contributed by atoms with Gasteiger partial charge in [-0.15, -0.1) is 0 Å². The molecular weight excluding hydrogens is 276 g/mol.